The number of carbonyl (C=O) groups is 2. The van der Waals surface area contributed by atoms with Crippen molar-refractivity contribution in [2.75, 3.05) is 24.7 Å². The van der Waals surface area contributed by atoms with Gasteiger partial charge in [-0.25, -0.2) is 9.59 Å². The first-order valence-electron chi connectivity index (χ1n) is 11.3. The number of nitro benzene ring substituents is 2. The molecule has 3 rings (SSSR count). The highest BCUT2D eigenvalue weighted by atomic mass is 32.2. The average molecular weight is 621 g/mol. The minimum atomic E-state index is -0.596. The summed E-state index contributed by atoms with van der Waals surface area (Å²) in [6, 6.07) is 11.7. The number of rotatable bonds is 14. The molecule has 3 aromatic rings. The van der Waals surface area contributed by atoms with Crippen LogP contribution in [0.1, 0.15) is 11.1 Å². The van der Waals surface area contributed by atoms with Gasteiger partial charge in [0.15, 0.2) is 0 Å². The van der Waals surface area contributed by atoms with Gasteiger partial charge in [0.1, 0.15) is 13.2 Å². The third-order valence-corrected chi connectivity index (χ3v) is 9.64. The number of ether oxygens (including phenoxy) is 2. The van der Waals surface area contributed by atoms with Gasteiger partial charge in [0.25, 0.3) is 15.4 Å². The Bertz CT molecular complexity index is 1390. The molecular formula is C25H20N2O9S4. The summed E-state index contributed by atoms with van der Waals surface area (Å²) in [5.41, 5.74) is 0.829. The van der Waals surface area contributed by atoms with Gasteiger partial charge in [-0.15, -0.1) is 23.5 Å². The van der Waals surface area contributed by atoms with E-state index in [-0.39, 0.29) is 28.6 Å². The van der Waals surface area contributed by atoms with Crippen molar-refractivity contribution in [1.29, 1.82) is 0 Å². The van der Waals surface area contributed by atoms with Crippen LogP contribution in [0.4, 0.5) is 11.4 Å². The monoisotopic (exact) mass is 620 g/mol. The van der Waals surface area contributed by atoms with E-state index in [0.717, 1.165) is 31.1 Å². The summed E-state index contributed by atoms with van der Waals surface area (Å²) in [7, 11) is 0. The highest BCUT2D eigenvalue weighted by Gasteiger charge is 2.12. The summed E-state index contributed by atoms with van der Waals surface area (Å²) in [4.78, 5) is 56.4. The van der Waals surface area contributed by atoms with E-state index in [4.69, 9.17) is 9.47 Å². The maximum Gasteiger partial charge on any atom is 0.330 e. The zero-order valence-corrected chi connectivity index (χ0v) is 23.7. The number of thioether (sulfide) groups is 2. The van der Waals surface area contributed by atoms with Crippen LogP contribution < -0.4 is 4.06 Å². The highest BCUT2D eigenvalue weighted by molar-refractivity contribution is 8.05. The molecule has 0 atom stereocenters. The molecule has 40 heavy (non-hydrogen) atoms. The number of carbonyl (C=O) groups excluding carboxylic acids is 2. The Hall–Kier alpha value is -3.79. The quantitative estimate of drug-likeness (QED) is 0.0545. The van der Waals surface area contributed by atoms with Gasteiger partial charge in [0, 0.05) is 47.9 Å². The first-order chi connectivity index (χ1) is 19.2. The van der Waals surface area contributed by atoms with Crippen LogP contribution in [0.25, 0.3) is 12.2 Å². The molecule has 0 unspecified atom stereocenters. The molecule has 0 N–H and O–H groups in total. The lowest BCUT2D eigenvalue weighted by molar-refractivity contribution is -0.385. The van der Waals surface area contributed by atoms with Crippen molar-refractivity contribution in [3.63, 3.8) is 0 Å². The van der Waals surface area contributed by atoms with E-state index in [2.05, 4.69) is 0 Å². The van der Waals surface area contributed by atoms with Crippen LogP contribution in [0, 0.1) is 20.2 Å². The van der Waals surface area contributed by atoms with Crippen molar-refractivity contribution < 1.29 is 28.9 Å². The number of nitrogens with zero attached hydrogens (tertiary/aromatic N) is 2. The average Bonchev–Trinajstić information content (AvgIpc) is 3.30. The van der Waals surface area contributed by atoms with Crippen LogP contribution in [0.15, 0.2) is 73.9 Å². The van der Waals surface area contributed by atoms with Crippen LogP contribution in [0.5, 0.6) is 0 Å². The maximum absolute atomic E-state index is 11.9. The van der Waals surface area contributed by atoms with Gasteiger partial charge in [-0.3, -0.25) is 25.0 Å². The van der Waals surface area contributed by atoms with Crippen molar-refractivity contribution in [1.82, 2.24) is 0 Å². The zero-order chi connectivity index (χ0) is 28.9. The van der Waals surface area contributed by atoms with Crippen LogP contribution in [-0.2, 0) is 19.1 Å². The molecule has 1 heterocycles. The van der Waals surface area contributed by atoms with Gasteiger partial charge in [-0.1, -0.05) is 46.9 Å². The van der Waals surface area contributed by atoms with E-state index in [1.165, 1.54) is 84.2 Å². The predicted molar refractivity (Wildman–Crippen MR) is 156 cm³/mol. The summed E-state index contributed by atoms with van der Waals surface area (Å²) in [6.45, 7) is 0.191. The number of hydrogen-bond acceptors (Lipinski definition) is 13. The summed E-state index contributed by atoms with van der Waals surface area (Å²) < 4.78 is 11.8. The van der Waals surface area contributed by atoms with Crippen LogP contribution >= 0.6 is 46.2 Å². The molecule has 208 valence electrons. The summed E-state index contributed by atoms with van der Waals surface area (Å²) in [5.74, 6) is -0.370. The third kappa shape index (κ3) is 10.4. The van der Waals surface area contributed by atoms with E-state index in [1.54, 1.807) is 12.1 Å². The van der Waals surface area contributed by atoms with Crippen molar-refractivity contribution in [3.8, 4) is 0 Å². The van der Waals surface area contributed by atoms with E-state index in [0.29, 0.717) is 22.6 Å². The normalized spacial score (nSPS) is 11.1. The third-order valence-electron chi connectivity index (χ3n) is 4.63. The van der Waals surface area contributed by atoms with Crippen molar-refractivity contribution in [2.24, 2.45) is 0 Å². The first kappa shape index (κ1) is 30.7. The minimum absolute atomic E-state index is 0.0801. The minimum Gasteiger partial charge on any atom is -0.462 e. The van der Waals surface area contributed by atoms with E-state index in [9.17, 15) is 34.6 Å². The highest BCUT2D eigenvalue weighted by Crippen LogP contribution is 2.36. The van der Waals surface area contributed by atoms with Crippen molar-refractivity contribution >= 4 is 81.7 Å². The van der Waals surface area contributed by atoms with E-state index >= 15 is 0 Å². The second-order valence-corrected chi connectivity index (χ2v) is 12.4. The molecule has 0 spiro atoms. The number of hydrogen-bond donors (Lipinski definition) is 0. The summed E-state index contributed by atoms with van der Waals surface area (Å²) in [6.07, 6.45) is 5.23. The lowest BCUT2D eigenvalue weighted by Gasteiger charge is -2.04. The fraction of sp³-hybridized carbons (Fsp3) is 0.160. The Labute approximate surface area is 243 Å². The topological polar surface area (TPSA) is 156 Å². The van der Waals surface area contributed by atoms with Gasteiger partial charge in [-0.05, 0) is 23.3 Å². The molecule has 15 heteroatoms. The maximum atomic E-state index is 11.9. The molecule has 0 bridgehead atoms. The molecule has 2 aromatic carbocycles. The molecule has 1 aromatic heterocycles. The Morgan fingerprint density at radius 2 is 1.20 bits per heavy atom. The van der Waals surface area contributed by atoms with Crippen LogP contribution in [0.3, 0.4) is 0 Å². The lowest BCUT2D eigenvalue weighted by atomic mass is 10.2. The molecule has 0 amide bonds. The fourth-order valence-corrected chi connectivity index (χ4v) is 7.92. The number of esters is 2. The van der Waals surface area contributed by atoms with Gasteiger partial charge in [0.2, 0.25) is 0 Å². The van der Waals surface area contributed by atoms with Gasteiger partial charge in [0.05, 0.1) is 18.3 Å². The molecule has 0 aliphatic rings. The molecule has 0 fully saturated rings. The molecule has 11 nitrogen and oxygen atoms in total. The fourth-order valence-electron chi connectivity index (χ4n) is 2.89. The summed E-state index contributed by atoms with van der Waals surface area (Å²) in [5, 5.41) is 21.7. The van der Waals surface area contributed by atoms with Crippen molar-refractivity contribution in [2.45, 2.75) is 8.42 Å². The lowest BCUT2D eigenvalue weighted by Crippen LogP contribution is -2.04. The molecule has 0 saturated carbocycles. The van der Waals surface area contributed by atoms with Crippen molar-refractivity contribution in [3.05, 3.63) is 101 Å². The number of benzene rings is 2. The van der Waals surface area contributed by atoms with E-state index in [1.807, 2.05) is 0 Å². The molecular weight excluding hydrogens is 601 g/mol. The largest absolute Gasteiger partial charge is 0.462 e. The Morgan fingerprint density at radius 1 is 0.775 bits per heavy atom. The molecule has 0 saturated heterocycles. The molecule has 0 aliphatic carbocycles. The van der Waals surface area contributed by atoms with E-state index < -0.39 is 21.8 Å². The Kier molecular flexibility index (Phi) is 12.1. The van der Waals surface area contributed by atoms with Gasteiger partial charge < -0.3 is 9.47 Å². The second-order valence-electron chi connectivity index (χ2n) is 7.43. The number of nitro groups is 2. The van der Waals surface area contributed by atoms with Gasteiger partial charge >= 0.3 is 11.9 Å². The SMILES string of the molecule is O=C(C=Cc1cccc([N+](=O)[O-])c1)OCCSc1sc(=O)sc1SCCOC(=O)C=Cc1cccc([N+](=O)[O-])c1. The Balaban J connectivity index is 1.38. The first-order valence-corrected chi connectivity index (χ1v) is 14.9. The van der Waals surface area contributed by atoms with Crippen LogP contribution in [0.2, 0.25) is 0 Å². The smallest absolute Gasteiger partial charge is 0.330 e. The number of non-ortho nitro benzene ring substituents is 2. The predicted octanol–water partition coefficient (Wildman–Crippen LogP) is 5.68. The Morgan fingerprint density at radius 3 is 1.60 bits per heavy atom. The molecule has 0 radical (unpaired) electrons. The standard InChI is InChI=1S/C25H20N2O9S4/c28-21(9-7-17-3-1-5-19(15-17)26(31)32)35-11-13-37-23-24(40-25(30)39-23)38-14-12-36-22(29)10-8-18-4-2-6-20(16-18)27(33)34/h1-10,15-16H,11-14H2. The second kappa shape index (κ2) is 15.7. The molecule has 0 aliphatic heterocycles. The van der Waals surface area contributed by atoms with Gasteiger partial charge in [-0.2, -0.15) is 0 Å². The van der Waals surface area contributed by atoms with Crippen LogP contribution in [-0.4, -0.2) is 46.5 Å². The summed E-state index contributed by atoms with van der Waals surface area (Å²) >= 11 is 4.91. The zero-order valence-electron chi connectivity index (χ0n) is 20.5.